The van der Waals surface area contributed by atoms with Gasteiger partial charge in [-0.25, -0.2) is 0 Å². The van der Waals surface area contributed by atoms with Crippen molar-refractivity contribution in [2.75, 3.05) is 11.6 Å². The summed E-state index contributed by atoms with van der Waals surface area (Å²) >= 11 is 1.57. The zero-order valence-electron chi connectivity index (χ0n) is 13.6. The van der Waals surface area contributed by atoms with Crippen molar-refractivity contribution in [3.05, 3.63) is 59.7 Å². The summed E-state index contributed by atoms with van der Waals surface area (Å²) in [5.41, 5.74) is 1.76. The second-order valence-corrected chi connectivity index (χ2v) is 6.05. The fourth-order valence-corrected chi connectivity index (χ4v) is 2.82. The van der Waals surface area contributed by atoms with E-state index < -0.39 is 0 Å². The highest BCUT2D eigenvalue weighted by atomic mass is 32.2. The average Bonchev–Trinajstić information content (AvgIpc) is 3.10. The average molecular weight is 353 g/mol. The second kappa shape index (κ2) is 7.31. The van der Waals surface area contributed by atoms with Gasteiger partial charge in [0.1, 0.15) is 0 Å². The Balaban J connectivity index is 1.77. The van der Waals surface area contributed by atoms with Crippen molar-refractivity contribution in [2.45, 2.75) is 11.8 Å². The topological polar surface area (TPSA) is 85.1 Å². The molecular formula is C18H15N3O3S. The summed E-state index contributed by atoms with van der Waals surface area (Å²) in [6, 6.07) is 14.0. The van der Waals surface area contributed by atoms with Gasteiger partial charge in [0.15, 0.2) is 5.78 Å². The van der Waals surface area contributed by atoms with E-state index >= 15 is 0 Å². The van der Waals surface area contributed by atoms with Crippen LogP contribution in [0.25, 0.3) is 11.5 Å². The lowest BCUT2D eigenvalue weighted by Gasteiger charge is -2.02. The summed E-state index contributed by atoms with van der Waals surface area (Å²) in [6.07, 6.45) is 1.96. The van der Waals surface area contributed by atoms with E-state index in [-0.39, 0.29) is 17.7 Å². The van der Waals surface area contributed by atoms with Crippen LogP contribution >= 0.6 is 11.8 Å². The minimum absolute atomic E-state index is 0.0200. The van der Waals surface area contributed by atoms with E-state index in [1.165, 1.54) is 6.92 Å². The maximum absolute atomic E-state index is 12.2. The van der Waals surface area contributed by atoms with Crippen LogP contribution in [-0.4, -0.2) is 28.1 Å². The minimum Gasteiger partial charge on any atom is -0.403 e. The molecule has 0 fully saturated rings. The van der Waals surface area contributed by atoms with Gasteiger partial charge in [0.2, 0.25) is 0 Å². The molecule has 1 aromatic heterocycles. The molecule has 0 spiro atoms. The van der Waals surface area contributed by atoms with Crippen LogP contribution in [0.15, 0.2) is 57.8 Å². The predicted molar refractivity (Wildman–Crippen MR) is 95.9 cm³/mol. The Labute approximate surface area is 148 Å². The number of aromatic nitrogens is 2. The monoisotopic (exact) mass is 353 g/mol. The number of rotatable bonds is 5. The van der Waals surface area contributed by atoms with E-state index in [9.17, 15) is 9.59 Å². The van der Waals surface area contributed by atoms with E-state index in [1.54, 1.807) is 36.0 Å². The van der Waals surface area contributed by atoms with Gasteiger partial charge < -0.3 is 4.42 Å². The van der Waals surface area contributed by atoms with Gasteiger partial charge in [-0.05, 0) is 37.4 Å². The van der Waals surface area contributed by atoms with Gasteiger partial charge in [0, 0.05) is 16.0 Å². The van der Waals surface area contributed by atoms with Crippen LogP contribution in [0.3, 0.4) is 0 Å². The molecule has 0 saturated heterocycles. The quantitative estimate of drug-likeness (QED) is 0.553. The molecule has 1 N–H and O–H groups in total. The predicted octanol–water partition coefficient (Wildman–Crippen LogP) is 3.91. The molecule has 3 aromatic rings. The number of Topliss-reactive ketones (excluding diaryl/α,β-unsaturated/α-hetero) is 1. The molecule has 0 saturated carbocycles. The van der Waals surface area contributed by atoms with Crippen LogP contribution in [0.1, 0.15) is 27.6 Å². The Morgan fingerprint density at radius 2 is 1.68 bits per heavy atom. The number of carbonyl (C=O) groups excluding carboxylic acids is 2. The van der Waals surface area contributed by atoms with Gasteiger partial charge in [-0.3, -0.25) is 14.9 Å². The standard InChI is InChI=1S/C18H15N3O3S/c1-11(22)12-7-9-13(10-8-12)16(23)19-18-21-20-17(24-18)14-5-3-4-6-15(14)25-2/h3-10H,1-2H3,(H,19,21,23). The van der Waals surface area contributed by atoms with Crippen LogP contribution in [0.5, 0.6) is 0 Å². The first-order valence-corrected chi connectivity index (χ1v) is 8.70. The second-order valence-electron chi connectivity index (χ2n) is 5.20. The number of ketones is 1. The van der Waals surface area contributed by atoms with Crippen molar-refractivity contribution in [1.29, 1.82) is 0 Å². The molecule has 6 nitrogen and oxygen atoms in total. The van der Waals surface area contributed by atoms with Gasteiger partial charge in [0.25, 0.3) is 11.8 Å². The van der Waals surface area contributed by atoms with Gasteiger partial charge >= 0.3 is 6.01 Å². The van der Waals surface area contributed by atoms with Gasteiger partial charge in [0.05, 0.1) is 5.56 Å². The smallest absolute Gasteiger partial charge is 0.322 e. The summed E-state index contributed by atoms with van der Waals surface area (Å²) < 4.78 is 5.54. The van der Waals surface area contributed by atoms with E-state index in [4.69, 9.17) is 4.42 Å². The molecule has 3 rings (SSSR count). The summed E-state index contributed by atoms with van der Waals surface area (Å²) in [7, 11) is 0. The summed E-state index contributed by atoms with van der Waals surface area (Å²) in [6.45, 7) is 1.47. The maximum atomic E-state index is 12.2. The number of amides is 1. The highest BCUT2D eigenvalue weighted by molar-refractivity contribution is 7.98. The number of anilines is 1. The number of benzene rings is 2. The maximum Gasteiger partial charge on any atom is 0.322 e. The Bertz CT molecular complexity index is 919. The first-order chi connectivity index (χ1) is 12.1. The van der Waals surface area contributed by atoms with Crippen LogP contribution in [0, 0.1) is 0 Å². The highest BCUT2D eigenvalue weighted by Gasteiger charge is 2.15. The summed E-state index contributed by atoms with van der Waals surface area (Å²) in [5.74, 6) is -0.100. The molecule has 1 amide bonds. The molecule has 1 heterocycles. The van der Waals surface area contributed by atoms with Crippen LogP contribution in [0.2, 0.25) is 0 Å². The van der Waals surface area contributed by atoms with Crippen molar-refractivity contribution in [2.24, 2.45) is 0 Å². The number of nitrogens with one attached hydrogen (secondary N) is 1. The van der Waals surface area contributed by atoms with Gasteiger partial charge in [-0.2, -0.15) is 0 Å². The van der Waals surface area contributed by atoms with Crippen LogP contribution in [0.4, 0.5) is 6.01 Å². The summed E-state index contributed by atoms with van der Waals surface area (Å²) in [5, 5.41) is 10.4. The Morgan fingerprint density at radius 3 is 2.36 bits per heavy atom. The minimum atomic E-state index is -0.386. The van der Waals surface area contributed by atoms with E-state index in [2.05, 4.69) is 15.5 Å². The molecule has 0 aliphatic rings. The first-order valence-electron chi connectivity index (χ1n) is 7.47. The lowest BCUT2D eigenvalue weighted by molar-refractivity contribution is 0.100. The third kappa shape index (κ3) is 3.77. The van der Waals surface area contributed by atoms with Crippen molar-refractivity contribution in [1.82, 2.24) is 10.2 Å². The SMILES string of the molecule is CSc1ccccc1-c1nnc(NC(=O)c2ccc(C(C)=O)cc2)o1. The van der Waals surface area contributed by atoms with Crippen molar-refractivity contribution in [3.63, 3.8) is 0 Å². The Kier molecular flexibility index (Phi) is 4.95. The molecule has 0 unspecified atom stereocenters. The zero-order valence-corrected chi connectivity index (χ0v) is 14.5. The van der Waals surface area contributed by atoms with Crippen molar-refractivity contribution >= 4 is 29.5 Å². The number of nitrogens with zero attached hydrogens (tertiary/aromatic N) is 2. The van der Waals surface area contributed by atoms with E-state index in [0.717, 1.165) is 10.5 Å². The van der Waals surface area contributed by atoms with E-state index in [0.29, 0.717) is 17.0 Å². The van der Waals surface area contributed by atoms with Crippen LogP contribution < -0.4 is 5.32 Å². The highest BCUT2D eigenvalue weighted by Crippen LogP contribution is 2.29. The first kappa shape index (κ1) is 16.9. The molecule has 0 aliphatic heterocycles. The van der Waals surface area contributed by atoms with Crippen LogP contribution in [-0.2, 0) is 0 Å². The third-order valence-corrected chi connectivity index (χ3v) is 4.33. The van der Waals surface area contributed by atoms with Gasteiger partial charge in [-0.1, -0.05) is 29.4 Å². The number of thioether (sulfide) groups is 1. The lowest BCUT2D eigenvalue weighted by Crippen LogP contribution is -2.12. The van der Waals surface area contributed by atoms with E-state index in [1.807, 2.05) is 30.5 Å². The Hall–Kier alpha value is -2.93. The zero-order chi connectivity index (χ0) is 17.8. The molecule has 2 aromatic carbocycles. The normalized spacial score (nSPS) is 10.5. The molecule has 25 heavy (non-hydrogen) atoms. The fraction of sp³-hybridized carbons (Fsp3) is 0.111. The molecule has 0 atom stereocenters. The molecular weight excluding hydrogens is 338 g/mol. The molecule has 7 heteroatoms. The molecule has 0 bridgehead atoms. The molecule has 0 radical (unpaired) electrons. The Morgan fingerprint density at radius 1 is 1.00 bits per heavy atom. The number of carbonyl (C=O) groups is 2. The van der Waals surface area contributed by atoms with Crippen molar-refractivity contribution < 1.29 is 14.0 Å². The molecule has 0 aliphatic carbocycles. The lowest BCUT2D eigenvalue weighted by atomic mass is 10.1. The van der Waals surface area contributed by atoms with Gasteiger partial charge in [-0.15, -0.1) is 16.9 Å². The number of hydrogen-bond donors (Lipinski definition) is 1. The third-order valence-electron chi connectivity index (χ3n) is 3.54. The fourth-order valence-electron chi connectivity index (χ4n) is 2.23. The number of hydrogen-bond acceptors (Lipinski definition) is 6. The summed E-state index contributed by atoms with van der Waals surface area (Å²) in [4.78, 5) is 24.5. The van der Waals surface area contributed by atoms with Crippen molar-refractivity contribution in [3.8, 4) is 11.5 Å². The molecule has 126 valence electrons. The largest absolute Gasteiger partial charge is 0.403 e.